The Kier molecular flexibility index (Phi) is 11.0. The van der Waals surface area contributed by atoms with Crippen LogP contribution < -0.4 is 29.6 Å². The summed E-state index contributed by atoms with van der Waals surface area (Å²) in [6.07, 6.45) is 1.12. The molecule has 0 amide bonds. The summed E-state index contributed by atoms with van der Waals surface area (Å²) in [4.78, 5) is 0. The molecule has 0 nitrogen and oxygen atoms in total. The van der Waals surface area contributed by atoms with Gasteiger partial charge in [-0.1, -0.05) is 20.3 Å². The number of hydrogen-bond donors (Lipinski definition) is 0. The van der Waals surface area contributed by atoms with Gasteiger partial charge in [-0.3, -0.25) is 0 Å². The van der Waals surface area contributed by atoms with Crippen molar-refractivity contribution in [1.29, 1.82) is 0 Å². The Morgan fingerprint density at radius 3 is 1.83 bits per heavy atom. The fourth-order valence-corrected chi connectivity index (χ4v) is 0. The zero-order valence-corrected chi connectivity index (χ0v) is 7.51. The van der Waals surface area contributed by atoms with E-state index in [9.17, 15) is 0 Å². The van der Waals surface area contributed by atoms with Crippen molar-refractivity contribution in [2.45, 2.75) is 25.5 Å². The molecule has 0 radical (unpaired) electrons. The Morgan fingerprint density at radius 1 is 1.67 bits per heavy atom. The second-order valence-electron chi connectivity index (χ2n) is 1.22. The summed E-state index contributed by atoms with van der Waals surface area (Å²) in [5, 5.41) is 0.468. The van der Waals surface area contributed by atoms with Crippen LogP contribution in [-0.4, -0.2) is 5.25 Å². The van der Waals surface area contributed by atoms with Crippen LogP contribution in [0.1, 0.15) is 20.3 Å². The van der Waals surface area contributed by atoms with Crippen molar-refractivity contribution in [3.63, 3.8) is 0 Å². The molecule has 0 bridgehead atoms. The van der Waals surface area contributed by atoms with Crippen LogP contribution in [0.15, 0.2) is 0 Å². The first-order valence-corrected chi connectivity index (χ1v) is 2.40. The third kappa shape index (κ3) is 9.02. The van der Waals surface area contributed by atoms with E-state index in [1.807, 2.05) is 6.92 Å². The third-order valence-electron chi connectivity index (χ3n) is 0.575. The van der Waals surface area contributed by atoms with Gasteiger partial charge in [0.1, 0.15) is 0 Å². The molecule has 0 aromatic heterocycles. The molecule has 0 heterocycles. The molecule has 0 aliphatic heterocycles. The Labute approximate surface area is 67.4 Å². The van der Waals surface area contributed by atoms with Crippen LogP contribution in [0.3, 0.4) is 0 Å². The molecule has 0 saturated heterocycles. The molecule has 6 heavy (non-hydrogen) atoms. The van der Waals surface area contributed by atoms with Crippen molar-refractivity contribution >= 4 is 12.6 Å². The molecule has 0 spiro atoms. The molecule has 0 aliphatic rings. The Bertz CT molecular complexity index is 21.5. The van der Waals surface area contributed by atoms with Crippen molar-refractivity contribution in [2.75, 3.05) is 0 Å². The molecule has 0 N–H and O–H groups in total. The topological polar surface area (TPSA) is 0 Å². The van der Waals surface area contributed by atoms with Crippen molar-refractivity contribution in [3.05, 3.63) is 0 Å². The Hall–Kier alpha value is 1.35. The van der Waals surface area contributed by atoms with Crippen LogP contribution >= 0.6 is 0 Å². The van der Waals surface area contributed by atoms with Crippen molar-refractivity contribution in [3.8, 4) is 0 Å². The van der Waals surface area contributed by atoms with E-state index in [4.69, 9.17) is 12.6 Å². The third-order valence-corrected chi connectivity index (χ3v) is 0.908. The maximum Gasteiger partial charge on any atom is 1.00 e. The molecule has 0 fully saturated rings. The molecule has 0 saturated carbocycles. The summed E-state index contributed by atoms with van der Waals surface area (Å²) in [6, 6.07) is 0. The fraction of sp³-hybridized carbons (Fsp3) is 1.00. The average molecular weight is 112 g/mol. The zero-order chi connectivity index (χ0) is 4.28. The predicted octanol–water partition coefficient (Wildman–Crippen LogP) is -1.66. The first-order valence-electron chi connectivity index (χ1n) is 1.93. The molecule has 0 rings (SSSR count). The van der Waals surface area contributed by atoms with Crippen LogP contribution in [0.4, 0.5) is 0 Å². The van der Waals surface area contributed by atoms with Crippen LogP contribution in [0, 0.1) is 0 Å². The molecular weight excluding hydrogens is 103 g/mol. The van der Waals surface area contributed by atoms with E-state index in [1.54, 1.807) is 0 Å². The summed E-state index contributed by atoms with van der Waals surface area (Å²) in [5.41, 5.74) is 0. The minimum atomic E-state index is 0. The minimum absolute atomic E-state index is 0. The largest absolute Gasteiger partial charge is 1.00 e. The standard InChI is InChI=1S/C4H10S.Na/c1-3-4(2)5;/h4-5H,3H2,1-2H3;/q;+1/p-1. The second-order valence-corrected chi connectivity index (χ2v) is 2.02. The van der Waals surface area contributed by atoms with Crippen molar-refractivity contribution in [1.82, 2.24) is 0 Å². The van der Waals surface area contributed by atoms with Gasteiger partial charge in [0, 0.05) is 0 Å². The van der Waals surface area contributed by atoms with Gasteiger partial charge >= 0.3 is 29.6 Å². The van der Waals surface area contributed by atoms with E-state index in [0.29, 0.717) is 5.25 Å². The van der Waals surface area contributed by atoms with E-state index in [1.165, 1.54) is 0 Å². The monoisotopic (exact) mass is 112 g/mol. The maximum absolute atomic E-state index is 4.78. The summed E-state index contributed by atoms with van der Waals surface area (Å²) < 4.78 is 0. The SMILES string of the molecule is CCC(C)[S-].[Na+]. The van der Waals surface area contributed by atoms with Gasteiger partial charge in [-0.25, -0.2) is 0 Å². The second kappa shape index (κ2) is 6.35. The molecule has 0 aromatic rings. The van der Waals surface area contributed by atoms with Gasteiger partial charge in [-0.2, -0.15) is 5.25 Å². The van der Waals surface area contributed by atoms with Gasteiger partial charge in [0.05, 0.1) is 0 Å². The van der Waals surface area contributed by atoms with Crippen LogP contribution in [0.5, 0.6) is 0 Å². The van der Waals surface area contributed by atoms with Crippen molar-refractivity contribution in [2.24, 2.45) is 0 Å². The van der Waals surface area contributed by atoms with Crippen LogP contribution in [0.2, 0.25) is 0 Å². The van der Waals surface area contributed by atoms with Gasteiger partial charge in [0.15, 0.2) is 0 Å². The van der Waals surface area contributed by atoms with E-state index < -0.39 is 0 Å². The summed E-state index contributed by atoms with van der Waals surface area (Å²) in [6.45, 7) is 4.13. The summed E-state index contributed by atoms with van der Waals surface area (Å²) in [7, 11) is 0. The number of hydrogen-bond acceptors (Lipinski definition) is 1. The Balaban J connectivity index is 0. The molecule has 0 aromatic carbocycles. The van der Waals surface area contributed by atoms with E-state index in [0.717, 1.165) is 6.42 Å². The molecule has 32 valence electrons. The first kappa shape index (κ1) is 10.4. The molecule has 1 unspecified atom stereocenters. The van der Waals surface area contributed by atoms with E-state index in [2.05, 4.69) is 6.92 Å². The molecule has 0 aliphatic carbocycles. The summed E-state index contributed by atoms with van der Waals surface area (Å²) >= 11 is 4.78. The van der Waals surface area contributed by atoms with Crippen LogP contribution in [-0.2, 0) is 12.6 Å². The van der Waals surface area contributed by atoms with Gasteiger partial charge in [0.25, 0.3) is 0 Å². The quantitative estimate of drug-likeness (QED) is 0.289. The predicted molar refractivity (Wildman–Crippen MR) is 27.1 cm³/mol. The van der Waals surface area contributed by atoms with E-state index >= 15 is 0 Å². The van der Waals surface area contributed by atoms with E-state index in [-0.39, 0.29) is 29.6 Å². The minimum Gasteiger partial charge on any atom is -0.789 e. The van der Waals surface area contributed by atoms with Gasteiger partial charge in [-0.15, -0.1) is 0 Å². The van der Waals surface area contributed by atoms with Crippen molar-refractivity contribution < 1.29 is 29.6 Å². The first-order chi connectivity index (χ1) is 2.27. The number of rotatable bonds is 1. The Morgan fingerprint density at radius 2 is 1.83 bits per heavy atom. The molecule has 1 atom stereocenters. The zero-order valence-electron chi connectivity index (χ0n) is 4.69. The molecular formula is C4H9NaS. The van der Waals surface area contributed by atoms with Gasteiger partial charge < -0.3 is 12.6 Å². The fourth-order valence-electron chi connectivity index (χ4n) is 0. The average Bonchev–Trinajstić information content (AvgIpc) is 1.38. The summed E-state index contributed by atoms with van der Waals surface area (Å²) in [5.74, 6) is 0. The normalized spacial score (nSPS) is 12.5. The van der Waals surface area contributed by atoms with Crippen LogP contribution in [0.25, 0.3) is 0 Å². The molecule has 2 heteroatoms. The van der Waals surface area contributed by atoms with Gasteiger partial charge in [-0.05, 0) is 0 Å². The maximum atomic E-state index is 4.78. The van der Waals surface area contributed by atoms with Gasteiger partial charge in [0.2, 0.25) is 0 Å². The smallest absolute Gasteiger partial charge is 0.789 e.